The molecule has 0 radical (unpaired) electrons. The van der Waals surface area contributed by atoms with Crippen LogP contribution in [0.3, 0.4) is 0 Å². The lowest BCUT2D eigenvalue weighted by molar-refractivity contribution is 0.0776. The average Bonchev–Trinajstić information content (AvgIpc) is 3.26. The maximum atomic E-state index is 13.0. The fourth-order valence-electron chi connectivity index (χ4n) is 3.25. The van der Waals surface area contributed by atoms with E-state index in [0.717, 1.165) is 22.6 Å². The normalized spacial score (nSPS) is 11.6. The Balaban J connectivity index is 1.62. The van der Waals surface area contributed by atoms with Crippen molar-refractivity contribution >= 4 is 22.7 Å². The van der Waals surface area contributed by atoms with Gasteiger partial charge in [0.05, 0.1) is 23.3 Å². The molecule has 0 bridgehead atoms. The van der Waals surface area contributed by atoms with Gasteiger partial charge in [-0.3, -0.25) is 4.79 Å². The van der Waals surface area contributed by atoms with E-state index in [9.17, 15) is 4.79 Å². The molecule has 144 valence electrons. The largest absolute Gasteiger partial charge is 0.340 e. The first-order chi connectivity index (χ1) is 13.3. The van der Waals surface area contributed by atoms with E-state index < -0.39 is 0 Å². The molecule has 1 aromatic carbocycles. The first-order valence-electron chi connectivity index (χ1n) is 9.25. The van der Waals surface area contributed by atoms with E-state index in [1.807, 2.05) is 13.8 Å². The van der Waals surface area contributed by atoms with E-state index in [1.54, 1.807) is 22.5 Å². The van der Waals surface area contributed by atoms with Crippen molar-refractivity contribution in [3.63, 3.8) is 0 Å². The van der Waals surface area contributed by atoms with E-state index in [-0.39, 0.29) is 11.8 Å². The minimum absolute atomic E-state index is 0.180. The second-order valence-corrected chi connectivity index (χ2v) is 7.49. The molecule has 8 heteroatoms. The average molecular weight is 377 g/mol. The van der Waals surface area contributed by atoms with Crippen LogP contribution in [0, 0.1) is 13.8 Å². The van der Waals surface area contributed by atoms with Gasteiger partial charge in [-0.05, 0) is 49.1 Å². The van der Waals surface area contributed by atoms with E-state index in [0.29, 0.717) is 18.0 Å². The zero-order valence-corrected chi connectivity index (χ0v) is 16.7. The van der Waals surface area contributed by atoms with Gasteiger partial charge in [-0.1, -0.05) is 13.8 Å². The second kappa shape index (κ2) is 6.70. The van der Waals surface area contributed by atoms with Crippen molar-refractivity contribution in [2.45, 2.75) is 40.2 Å². The van der Waals surface area contributed by atoms with Crippen molar-refractivity contribution < 1.29 is 4.79 Å². The quantitative estimate of drug-likeness (QED) is 0.590. The molecule has 1 N–H and O–H groups in total. The van der Waals surface area contributed by atoms with Gasteiger partial charge in [-0.2, -0.15) is 10.1 Å². The number of imidazole rings is 1. The number of hydrogen-bond donors (Lipinski definition) is 1. The summed E-state index contributed by atoms with van der Waals surface area (Å²) in [7, 11) is 1.75. The number of carbonyl (C=O) groups excluding carboxylic acids is 1. The van der Waals surface area contributed by atoms with Crippen molar-refractivity contribution in [2.75, 3.05) is 7.05 Å². The predicted octanol–water partition coefficient (Wildman–Crippen LogP) is 3.01. The summed E-state index contributed by atoms with van der Waals surface area (Å²) < 4.78 is 1.67. The molecule has 0 fully saturated rings. The van der Waals surface area contributed by atoms with Crippen molar-refractivity contribution in [3.8, 4) is 0 Å². The van der Waals surface area contributed by atoms with Crippen molar-refractivity contribution in [1.29, 1.82) is 0 Å². The lowest BCUT2D eigenvalue weighted by Crippen LogP contribution is -2.28. The summed E-state index contributed by atoms with van der Waals surface area (Å²) in [5.41, 5.74) is 5.54. The lowest BCUT2D eigenvalue weighted by Gasteiger charge is -2.16. The van der Waals surface area contributed by atoms with Gasteiger partial charge in [0.2, 0.25) is 0 Å². The highest BCUT2D eigenvalue weighted by atomic mass is 16.2. The predicted molar refractivity (Wildman–Crippen MR) is 106 cm³/mol. The van der Waals surface area contributed by atoms with E-state index in [1.165, 1.54) is 17.5 Å². The third kappa shape index (κ3) is 3.11. The molecular weight excluding hydrogens is 354 g/mol. The maximum absolute atomic E-state index is 13.0. The zero-order chi connectivity index (χ0) is 20.0. The van der Waals surface area contributed by atoms with E-state index in [2.05, 4.69) is 51.0 Å². The summed E-state index contributed by atoms with van der Waals surface area (Å²) in [5, 5.41) is 4.19. The molecule has 0 saturated carbocycles. The number of aromatic nitrogens is 6. The molecule has 28 heavy (non-hydrogen) atoms. The summed E-state index contributed by atoms with van der Waals surface area (Å²) in [4.78, 5) is 31.0. The minimum Gasteiger partial charge on any atom is -0.340 e. The van der Waals surface area contributed by atoms with Gasteiger partial charge in [0.15, 0.2) is 0 Å². The highest BCUT2D eigenvalue weighted by Gasteiger charge is 2.19. The molecule has 0 atom stereocenters. The maximum Gasteiger partial charge on any atom is 0.272 e. The highest BCUT2D eigenvalue weighted by Crippen LogP contribution is 2.19. The third-order valence-electron chi connectivity index (χ3n) is 4.97. The smallest absolute Gasteiger partial charge is 0.272 e. The molecule has 1 amide bonds. The van der Waals surface area contributed by atoms with Crippen LogP contribution in [0.2, 0.25) is 0 Å². The SMILES string of the molecule is Cc1cc2nc(CN(C)C(=O)c3cc(C(C)C)n4ncnc4n3)[nH]c2cc1C. The molecule has 8 nitrogen and oxygen atoms in total. The first kappa shape index (κ1) is 18.1. The number of aromatic amines is 1. The van der Waals surface area contributed by atoms with Crippen LogP contribution in [-0.4, -0.2) is 47.4 Å². The lowest BCUT2D eigenvalue weighted by atomic mass is 10.1. The Morgan fingerprint density at radius 3 is 2.68 bits per heavy atom. The zero-order valence-electron chi connectivity index (χ0n) is 16.7. The van der Waals surface area contributed by atoms with Gasteiger partial charge in [0.25, 0.3) is 11.7 Å². The molecule has 4 rings (SSSR count). The van der Waals surface area contributed by atoms with E-state index >= 15 is 0 Å². The number of nitrogens with one attached hydrogen (secondary N) is 1. The van der Waals surface area contributed by atoms with Gasteiger partial charge < -0.3 is 9.88 Å². The van der Waals surface area contributed by atoms with Gasteiger partial charge >= 0.3 is 0 Å². The summed E-state index contributed by atoms with van der Waals surface area (Å²) >= 11 is 0. The molecule has 0 spiro atoms. The minimum atomic E-state index is -0.180. The Labute approximate surface area is 162 Å². The second-order valence-electron chi connectivity index (χ2n) is 7.49. The molecule has 0 aliphatic carbocycles. The monoisotopic (exact) mass is 377 g/mol. The number of carbonyl (C=O) groups is 1. The van der Waals surface area contributed by atoms with Crippen LogP contribution < -0.4 is 0 Å². The summed E-state index contributed by atoms with van der Waals surface area (Å²) in [6, 6.07) is 5.93. The Morgan fingerprint density at radius 2 is 1.93 bits per heavy atom. The third-order valence-corrected chi connectivity index (χ3v) is 4.97. The Kier molecular flexibility index (Phi) is 4.33. The Morgan fingerprint density at radius 1 is 1.18 bits per heavy atom. The molecule has 3 aromatic heterocycles. The summed E-state index contributed by atoms with van der Waals surface area (Å²) in [5.74, 6) is 1.17. The summed E-state index contributed by atoms with van der Waals surface area (Å²) in [6.07, 6.45) is 1.45. The number of benzene rings is 1. The van der Waals surface area contributed by atoms with Crippen LogP contribution in [0.5, 0.6) is 0 Å². The van der Waals surface area contributed by atoms with Crippen LogP contribution in [0.25, 0.3) is 16.8 Å². The van der Waals surface area contributed by atoms with Crippen molar-refractivity contribution in [3.05, 3.63) is 52.9 Å². The molecular formula is C20H23N7O. The number of hydrogen-bond acceptors (Lipinski definition) is 5. The molecule has 0 aliphatic rings. The van der Waals surface area contributed by atoms with Crippen LogP contribution in [0.15, 0.2) is 24.5 Å². The van der Waals surface area contributed by atoms with Crippen LogP contribution in [0.4, 0.5) is 0 Å². The van der Waals surface area contributed by atoms with Gasteiger partial charge in [0, 0.05) is 7.05 Å². The molecule has 0 aliphatic heterocycles. The fraction of sp³-hybridized carbons (Fsp3) is 0.350. The van der Waals surface area contributed by atoms with Gasteiger partial charge in [-0.25, -0.2) is 14.5 Å². The summed E-state index contributed by atoms with van der Waals surface area (Å²) in [6.45, 7) is 8.60. The standard InChI is InChI=1S/C20H23N7O/c1-11(2)17-8-16(25-20-21-10-22-27(17)20)19(28)26(5)9-18-23-14-6-12(3)13(4)7-15(14)24-18/h6-8,10-11H,9H2,1-5H3,(H,23,24). The fourth-order valence-corrected chi connectivity index (χ4v) is 3.25. The number of nitrogens with zero attached hydrogens (tertiary/aromatic N) is 6. The number of amides is 1. The van der Waals surface area contributed by atoms with Gasteiger partial charge in [0.1, 0.15) is 17.8 Å². The van der Waals surface area contributed by atoms with Gasteiger partial charge in [-0.15, -0.1) is 0 Å². The Hall–Kier alpha value is -3.29. The van der Waals surface area contributed by atoms with Crippen LogP contribution >= 0.6 is 0 Å². The highest BCUT2D eigenvalue weighted by molar-refractivity contribution is 5.92. The number of rotatable bonds is 4. The molecule has 3 heterocycles. The molecule has 0 saturated heterocycles. The topological polar surface area (TPSA) is 92.1 Å². The number of H-pyrrole nitrogens is 1. The Bertz CT molecular complexity index is 1150. The molecule has 0 unspecified atom stereocenters. The van der Waals surface area contributed by atoms with Crippen molar-refractivity contribution in [2.24, 2.45) is 0 Å². The number of fused-ring (bicyclic) bond motifs is 2. The van der Waals surface area contributed by atoms with Crippen LogP contribution in [0.1, 0.15) is 52.9 Å². The van der Waals surface area contributed by atoms with Crippen molar-refractivity contribution in [1.82, 2.24) is 34.4 Å². The first-order valence-corrected chi connectivity index (χ1v) is 9.25. The van der Waals surface area contributed by atoms with E-state index in [4.69, 9.17) is 0 Å². The molecule has 4 aromatic rings. The number of aryl methyl sites for hydroxylation is 2. The van der Waals surface area contributed by atoms with Crippen LogP contribution in [-0.2, 0) is 6.54 Å².